The highest BCUT2D eigenvalue weighted by Crippen LogP contribution is 2.05. The summed E-state index contributed by atoms with van der Waals surface area (Å²) in [5.74, 6) is 0. The van der Waals surface area contributed by atoms with Crippen molar-refractivity contribution >= 4 is 0 Å². The van der Waals surface area contributed by atoms with Crippen molar-refractivity contribution in [3.05, 3.63) is 35.4 Å². The minimum atomic E-state index is 0.725. The molecule has 2 nitrogen and oxygen atoms in total. The smallest absolute Gasteiger partial charge is 0.0231 e. The number of nitrogens with zero attached hydrogens (tertiary/aromatic N) is 1. The van der Waals surface area contributed by atoms with E-state index in [1.165, 1.54) is 11.1 Å². The van der Waals surface area contributed by atoms with Crippen molar-refractivity contribution in [1.82, 2.24) is 4.90 Å². The van der Waals surface area contributed by atoms with E-state index in [0.29, 0.717) is 0 Å². The summed E-state index contributed by atoms with van der Waals surface area (Å²) in [6.07, 6.45) is 0. The first-order valence-corrected chi connectivity index (χ1v) is 4.66. The molecule has 0 radical (unpaired) electrons. The SMILES string of the molecule is Cc1ccc(CN(C)CCN)cc1. The van der Waals surface area contributed by atoms with E-state index >= 15 is 0 Å². The van der Waals surface area contributed by atoms with E-state index in [9.17, 15) is 0 Å². The third-order valence-corrected chi connectivity index (χ3v) is 2.08. The van der Waals surface area contributed by atoms with Crippen molar-refractivity contribution in [3.63, 3.8) is 0 Å². The minimum absolute atomic E-state index is 0.725. The molecular weight excluding hydrogens is 160 g/mol. The molecular formula is C11H18N2. The fraction of sp³-hybridized carbons (Fsp3) is 0.455. The Kier molecular flexibility index (Phi) is 3.93. The molecule has 0 heterocycles. The van der Waals surface area contributed by atoms with Crippen molar-refractivity contribution in [2.75, 3.05) is 20.1 Å². The molecule has 0 saturated heterocycles. The summed E-state index contributed by atoms with van der Waals surface area (Å²) in [5.41, 5.74) is 8.12. The Morgan fingerprint density at radius 2 is 1.85 bits per heavy atom. The van der Waals surface area contributed by atoms with Crippen molar-refractivity contribution in [1.29, 1.82) is 0 Å². The van der Waals surface area contributed by atoms with Crippen LogP contribution >= 0.6 is 0 Å². The van der Waals surface area contributed by atoms with E-state index in [4.69, 9.17) is 5.73 Å². The summed E-state index contributed by atoms with van der Waals surface area (Å²) in [6.45, 7) is 4.76. The molecule has 0 aliphatic rings. The average Bonchev–Trinajstić information content (AvgIpc) is 2.09. The molecule has 72 valence electrons. The average molecular weight is 178 g/mol. The molecule has 2 heteroatoms. The zero-order chi connectivity index (χ0) is 9.68. The predicted octanol–water partition coefficient (Wildman–Crippen LogP) is 1.39. The van der Waals surface area contributed by atoms with Crippen molar-refractivity contribution in [2.24, 2.45) is 5.73 Å². The molecule has 0 atom stereocenters. The topological polar surface area (TPSA) is 29.3 Å². The molecule has 1 aromatic carbocycles. The van der Waals surface area contributed by atoms with Crippen LogP contribution in [0, 0.1) is 6.92 Å². The zero-order valence-corrected chi connectivity index (χ0v) is 8.46. The molecule has 1 aromatic rings. The van der Waals surface area contributed by atoms with Gasteiger partial charge in [0.1, 0.15) is 0 Å². The minimum Gasteiger partial charge on any atom is -0.329 e. The van der Waals surface area contributed by atoms with Crippen molar-refractivity contribution in [2.45, 2.75) is 13.5 Å². The Labute approximate surface area is 80.4 Å². The second kappa shape index (κ2) is 5.00. The normalized spacial score (nSPS) is 10.8. The van der Waals surface area contributed by atoms with Crippen LogP contribution in [0.4, 0.5) is 0 Å². The predicted molar refractivity (Wildman–Crippen MR) is 56.6 cm³/mol. The van der Waals surface area contributed by atoms with E-state index in [2.05, 4.69) is 43.1 Å². The molecule has 0 aliphatic heterocycles. The van der Waals surface area contributed by atoms with E-state index in [1.54, 1.807) is 0 Å². The van der Waals surface area contributed by atoms with Gasteiger partial charge < -0.3 is 10.6 Å². The Bertz CT molecular complexity index is 241. The van der Waals surface area contributed by atoms with Gasteiger partial charge >= 0.3 is 0 Å². The van der Waals surface area contributed by atoms with E-state index in [1.807, 2.05) is 0 Å². The van der Waals surface area contributed by atoms with Crippen LogP contribution in [0.5, 0.6) is 0 Å². The Balaban J connectivity index is 2.49. The fourth-order valence-electron chi connectivity index (χ4n) is 1.30. The molecule has 0 unspecified atom stereocenters. The Morgan fingerprint density at radius 3 is 2.38 bits per heavy atom. The number of benzene rings is 1. The van der Waals surface area contributed by atoms with Gasteiger partial charge in [-0.25, -0.2) is 0 Å². The number of hydrogen-bond acceptors (Lipinski definition) is 2. The summed E-state index contributed by atoms with van der Waals surface area (Å²) >= 11 is 0. The van der Waals surface area contributed by atoms with Gasteiger partial charge in [-0.15, -0.1) is 0 Å². The third-order valence-electron chi connectivity index (χ3n) is 2.08. The fourth-order valence-corrected chi connectivity index (χ4v) is 1.30. The third kappa shape index (κ3) is 3.57. The molecule has 0 bridgehead atoms. The van der Waals surface area contributed by atoms with Crippen LogP contribution in [-0.4, -0.2) is 25.0 Å². The van der Waals surface area contributed by atoms with Crippen LogP contribution in [0.3, 0.4) is 0 Å². The van der Waals surface area contributed by atoms with E-state index < -0.39 is 0 Å². The lowest BCUT2D eigenvalue weighted by Gasteiger charge is -2.15. The maximum Gasteiger partial charge on any atom is 0.0231 e. The van der Waals surface area contributed by atoms with Crippen molar-refractivity contribution < 1.29 is 0 Å². The van der Waals surface area contributed by atoms with E-state index in [0.717, 1.165) is 19.6 Å². The van der Waals surface area contributed by atoms with E-state index in [-0.39, 0.29) is 0 Å². The lowest BCUT2D eigenvalue weighted by molar-refractivity contribution is 0.336. The highest BCUT2D eigenvalue weighted by atomic mass is 15.1. The van der Waals surface area contributed by atoms with Crippen LogP contribution < -0.4 is 5.73 Å². The summed E-state index contributed by atoms with van der Waals surface area (Å²) in [6, 6.07) is 8.63. The highest BCUT2D eigenvalue weighted by molar-refractivity contribution is 5.21. The lowest BCUT2D eigenvalue weighted by atomic mass is 10.1. The Morgan fingerprint density at radius 1 is 1.23 bits per heavy atom. The van der Waals surface area contributed by atoms with Crippen LogP contribution in [0.1, 0.15) is 11.1 Å². The molecule has 0 spiro atoms. The van der Waals surface area contributed by atoms with Crippen LogP contribution in [0.25, 0.3) is 0 Å². The quantitative estimate of drug-likeness (QED) is 0.755. The summed E-state index contributed by atoms with van der Waals surface area (Å²) < 4.78 is 0. The van der Waals surface area contributed by atoms with Gasteiger partial charge in [0.2, 0.25) is 0 Å². The van der Waals surface area contributed by atoms with Crippen LogP contribution in [0.15, 0.2) is 24.3 Å². The van der Waals surface area contributed by atoms with Gasteiger partial charge in [-0.05, 0) is 19.5 Å². The van der Waals surface area contributed by atoms with Gasteiger partial charge in [-0.1, -0.05) is 29.8 Å². The maximum atomic E-state index is 5.47. The van der Waals surface area contributed by atoms with Gasteiger partial charge in [-0.2, -0.15) is 0 Å². The molecule has 13 heavy (non-hydrogen) atoms. The van der Waals surface area contributed by atoms with Crippen LogP contribution in [0.2, 0.25) is 0 Å². The van der Waals surface area contributed by atoms with Gasteiger partial charge in [0.25, 0.3) is 0 Å². The monoisotopic (exact) mass is 178 g/mol. The first-order chi connectivity index (χ1) is 6.22. The second-order valence-corrected chi connectivity index (χ2v) is 3.51. The lowest BCUT2D eigenvalue weighted by Crippen LogP contribution is -2.24. The zero-order valence-electron chi connectivity index (χ0n) is 8.46. The number of rotatable bonds is 4. The first kappa shape index (κ1) is 10.2. The number of aryl methyl sites for hydroxylation is 1. The molecule has 0 saturated carbocycles. The molecule has 1 rings (SSSR count). The molecule has 0 aromatic heterocycles. The standard InChI is InChI=1S/C11H18N2/c1-10-3-5-11(6-4-10)9-13(2)8-7-12/h3-6H,7-9,12H2,1-2H3. The molecule has 0 aliphatic carbocycles. The second-order valence-electron chi connectivity index (χ2n) is 3.51. The Hall–Kier alpha value is -0.860. The van der Waals surface area contributed by atoms with Crippen LogP contribution in [-0.2, 0) is 6.54 Å². The highest BCUT2D eigenvalue weighted by Gasteiger charge is 1.97. The van der Waals surface area contributed by atoms with Crippen molar-refractivity contribution in [3.8, 4) is 0 Å². The summed E-state index contributed by atoms with van der Waals surface area (Å²) in [7, 11) is 2.09. The number of likely N-dealkylation sites (N-methyl/N-ethyl adjacent to an activating group) is 1. The number of hydrogen-bond donors (Lipinski definition) is 1. The summed E-state index contributed by atoms with van der Waals surface area (Å²) in [5, 5.41) is 0. The molecule has 2 N–H and O–H groups in total. The van der Waals surface area contributed by atoms with Gasteiger partial charge in [0.15, 0.2) is 0 Å². The van der Waals surface area contributed by atoms with Gasteiger partial charge in [0.05, 0.1) is 0 Å². The summed E-state index contributed by atoms with van der Waals surface area (Å²) in [4.78, 5) is 2.23. The van der Waals surface area contributed by atoms with Gasteiger partial charge in [0, 0.05) is 19.6 Å². The maximum absolute atomic E-state index is 5.47. The van der Waals surface area contributed by atoms with Gasteiger partial charge in [-0.3, -0.25) is 0 Å². The first-order valence-electron chi connectivity index (χ1n) is 4.66. The number of nitrogens with two attached hydrogens (primary N) is 1. The molecule has 0 amide bonds. The largest absolute Gasteiger partial charge is 0.329 e. The molecule has 0 fully saturated rings.